The first kappa shape index (κ1) is 12.0. The zero-order valence-electron chi connectivity index (χ0n) is 10.1. The predicted octanol–water partition coefficient (Wildman–Crippen LogP) is 2.54. The Morgan fingerprint density at radius 1 is 1.11 bits per heavy atom. The largest absolute Gasteiger partial charge is 0.476 e. The third-order valence-corrected chi connectivity index (χ3v) is 2.37. The standard InChI is InChI=1S/C13H13N3O2/c1-8-3-9(2)5-10(4-8)16-12-7-14-11(6-15-12)13(17)18/h3-7H,1-2H3,(H,15,16)(H,17,18). The Labute approximate surface area is 105 Å². The minimum Gasteiger partial charge on any atom is -0.476 e. The van der Waals surface area contributed by atoms with Gasteiger partial charge in [0.1, 0.15) is 5.82 Å². The van der Waals surface area contributed by atoms with Gasteiger partial charge in [0, 0.05) is 5.69 Å². The third-order valence-electron chi connectivity index (χ3n) is 2.37. The van der Waals surface area contributed by atoms with Gasteiger partial charge in [-0.25, -0.2) is 14.8 Å². The molecule has 1 heterocycles. The van der Waals surface area contributed by atoms with Gasteiger partial charge in [0.2, 0.25) is 0 Å². The highest BCUT2D eigenvalue weighted by Crippen LogP contribution is 2.17. The maximum Gasteiger partial charge on any atom is 0.356 e. The van der Waals surface area contributed by atoms with Gasteiger partial charge in [-0.2, -0.15) is 0 Å². The van der Waals surface area contributed by atoms with Crippen LogP contribution >= 0.6 is 0 Å². The number of nitrogens with one attached hydrogen (secondary N) is 1. The summed E-state index contributed by atoms with van der Waals surface area (Å²) in [6.07, 6.45) is 2.63. The molecular formula is C13H13N3O2. The molecule has 2 N–H and O–H groups in total. The summed E-state index contributed by atoms with van der Waals surface area (Å²) in [6, 6.07) is 6.05. The van der Waals surface area contributed by atoms with Crippen molar-refractivity contribution in [1.29, 1.82) is 0 Å². The molecule has 5 nitrogen and oxygen atoms in total. The fraction of sp³-hybridized carbons (Fsp3) is 0.154. The SMILES string of the molecule is Cc1cc(C)cc(Nc2cnc(C(=O)O)cn2)c1. The summed E-state index contributed by atoms with van der Waals surface area (Å²) in [7, 11) is 0. The van der Waals surface area contributed by atoms with Gasteiger partial charge in [-0.15, -0.1) is 0 Å². The van der Waals surface area contributed by atoms with E-state index in [2.05, 4.69) is 21.4 Å². The zero-order valence-corrected chi connectivity index (χ0v) is 10.1. The Balaban J connectivity index is 2.20. The number of nitrogens with zero attached hydrogens (tertiary/aromatic N) is 2. The second-order valence-corrected chi connectivity index (χ2v) is 4.09. The average Bonchev–Trinajstić information content (AvgIpc) is 2.28. The molecule has 0 bridgehead atoms. The number of rotatable bonds is 3. The van der Waals surface area contributed by atoms with Gasteiger partial charge in [-0.3, -0.25) is 0 Å². The predicted molar refractivity (Wildman–Crippen MR) is 68.2 cm³/mol. The number of aryl methyl sites for hydroxylation is 2. The van der Waals surface area contributed by atoms with Crippen molar-refractivity contribution >= 4 is 17.5 Å². The lowest BCUT2D eigenvalue weighted by molar-refractivity contribution is 0.0690. The first-order chi connectivity index (χ1) is 8.54. The lowest BCUT2D eigenvalue weighted by Gasteiger charge is -2.07. The normalized spacial score (nSPS) is 10.1. The summed E-state index contributed by atoms with van der Waals surface area (Å²) in [5.41, 5.74) is 3.13. The molecule has 0 saturated heterocycles. The van der Waals surface area contributed by atoms with Crippen molar-refractivity contribution in [2.45, 2.75) is 13.8 Å². The summed E-state index contributed by atoms with van der Waals surface area (Å²) >= 11 is 0. The van der Waals surface area contributed by atoms with E-state index in [1.807, 2.05) is 26.0 Å². The minimum absolute atomic E-state index is 0.0685. The number of hydrogen-bond donors (Lipinski definition) is 2. The van der Waals surface area contributed by atoms with Gasteiger partial charge in [-0.05, 0) is 37.1 Å². The molecule has 92 valence electrons. The van der Waals surface area contributed by atoms with E-state index in [1.54, 1.807) is 0 Å². The molecule has 18 heavy (non-hydrogen) atoms. The zero-order chi connectivity index (χ0) is 13.1. The van der Waals surface area contributed by atoms with Crippen LogP contribution in [0.3, 0.4) is 0 Å². The van der Waals surface area contributed by atoms with Gasteiger partial charge >= 0.3 is 5.97 Å². The molecule has 2 aromatic rings. The van der Waals surface area contributed by atoms with E-state index < -0.39 is 5.97 Å². The van der Waals surface area contributed by atoms with E-state index >= 15 is 0 Å². The van der Waals surface area contributed by atoms with Crippen LogP contribution in [0.4, 0.5) is 11.5 Å². The molecule has 0 amide bonds. The number of benzene rings is 1. The lowest BCUT2D eigenvalue weighted by Crippen LogP contribution is -2.02. The molecule has 2 rings (SSSR count). The fourth-order valence-electron chi connectivity index (χ4n) is 1.70. The van der Waals surface area contributed by atoms with Gasteiger partial charge in [-0.1, -0.05) is 6.07 Å². The molecule has 0 spiro atoms. The number of aromatic carboxylic acids is 1. The van der Waals surface area contributed by atoms with E-state index in [1.165, 1.54) is 12.4 Å². The number of carboxylic acid groups (broad SMARTS) is 1. The monoisotopic (exact) mass is 243 g/mol. The molecule has 0 radical (unpaired) electrons. The Morgan fingerprint density at radius 3 is 2.28 bits per heavy atom. The summed E-state index contributed by atoms with van der Waals surface area (Å²) in [5.74, 6) is -0.564. The van der Waals surface area contributed by atoms with Crippen molar-refractivity contribution in [3.8, 4) is 0 Å². The minimum atomic E-state index is -1.08. The van der Waals surface area contributed by atoms with Crippen molar-refractivity contribution in [2.24, 2.45) is 0 Å². The smallest absolute Gasteiger partial charge is 0.356 e. The van der Waals surface area contributed by atoms with Crippen LogP contribution in [0.15, 0.2) is 30.6 Å². The number of anilines is 2. The number of carbonyl (C=O) groups is 1. The first-order valence-corrected chi connectivity index (χ1v) is 5.45. The number of hydrogen-bond acceptors (Lipinski definition) is 4. The van der Waals surface area contributed by atoms with Crippen molar-refractivity contribution in [3.05, 3.63) is 47.4 Å². The van der Waals surface area contributed by atoms with E-state index in [0.717, 1.165) is 16.8 Å². The van der Waals surface area contributed by atoms with Crippen LogP contribution in [0.2, 0.25) is 0 Å². The van der Waals surface area contributed by atoms with Crippen LogP contribution in [-0.4, -0.2) is 21.0 Å². The van der Waals surface area contributed by atoms with Gasteiger partial charge < -0.3 is 10.4 Å². The van der Waals surface area contributed by atoms with E-state index in [4.69, 9.17) is 5.11 Å². The average molecular weight is 243 g/mol. The van der Waals surface area contributed by atoms with Crippen LogP contribution in [0.25, 0.3) is 0 Å². The van der Waals surface area contributed by atoms with Crippen molar-refractivity contribution in [2.75, 3.05) is 5.32 Å². The highest BCUT2D eigenvalue weighted by molar-refractivity contribution is 5.85. The molecule has 1 aromatic carbocycles. The Kier molecular flexibility index (Phi) is 3.23. The maximum atomic E-state index is 10.6. The van der Waals surface area contributed by atoms with E-state index in [-0.39, 0.29) is 5.69 Å². The van der Waals surface area contributed by atoms with Crippen LogP contribution in [0.5, 0.6) is 0 Å². The van der Waals surface area contributed by atoms with Gasteiger partial charge in [0.05, 0.1) is 12.4 Å². The van der Waals surface area contributed by atoms with E-state index in [9.17, 15) is 4.79 Å². The summed E-state index contributed by atoms with van der Waals surface area (Å²) in [4.78, 5) is 18.4. The second-order valence-electron chi connectivity index (χ2n) is 4.09. The topological polar surface area (TPSA) is 75.1 Å². The third kappa shape index (κ3) is 2.82. The molecule has 0 aliphatic carbocycles. The van der Waals surface area contributed by atoms with Crippen LogP contribution in [0.1, 0.15) is 21.6 Å². The Morgan fingerprint density at radius 2 is 1.78 bits per heavy atom. The Hall–Kier alpha value is -2.43. The summed E-state index contributed by atoms with van der Waals surface area (Å²) < 4.78 is 0. The molecule has 1 aromatic heterocycles. The van der Waals surface area contributed by atoms with Crippen molar-refractivity contribution < 1.29 is 9.90 Å². The molecule has 5 heteroatoms. The summed E-state index contributed by atoms with van der Waals surface area (Å²) in [5, 5.41) is 11.8. The van der Waals surface area contributed by atoms with Crippen LogP contribution < -0.4 is 5.32 Å². The van der Waals surface area contributed by atoms with Crippen LogP contribution in [0, 0.1) is 13.8 Å². The summed E-state index contributed by atoms with van der Waals surface area (Å²) in [6.45, 7) is 4.02. The number of aromatic nitrogens is 2. The highest BCUT2D eigenvalue weighted by atomic mass is 16.4. The van der Waals surface area contributed by atoms with E-state index in [0.29, 0.717) is 5.82 Å². The Bertz CT molecular complexity index is 559. The molecule has 0 saturated carbocycles. The van der Waals surface area contributed by atoms with Crippen molar-refractivity contribution in [3.63, 3.8) is 0 Å². The van der Waals surface area contributed by atoms with Gasteiger partial charge in [0.15, 0.2) is 5.69 Å². The quantitative estimate of drug-likeness (QED) is 0.866. The number of carboxylic acids is 1. The van der Waals surface area contributed by atoms with Crippen molar-refractivity contribution in [1.82, 2.24) is 9.97 Å². The van der Waals surface area contributed by atoms with Crippen LogP contribution in [-0.2, 0) is 0 Å². The first-order valence-electron chi connectivity index (χ1n) is 5.45. The highest BCUT2D eigenvalue weighted by Gasteiger charge is 2.05. The molecule has 0 atom stereocenters. The molecule has 0 unspecified atom stereocenters. The maximum absolute atomic E-state index is 10.6. The second kappa shape index (κ2) is 4.83. The van der Waals surface area contributed by atoms with Gasteiger partial charge in [0.25, 0.3) is 0 Å². The molecule has 0 fully saturated rings. The molecular weight excluding hydrogens is 230 g/mol. The fourth-order valence-corrected chi connectivity index (χ4v) is 1.70. The molecule has 0 aliphatic rings. The molecule has 0 aliphatic heterocycles. The lowest BCUT2D eigenvalue weighted by atomic mass is 10.1.